The van der Waals surface area contributed by atoms with Crippen molar-refractivity contribution in [3.63, 3.8) is 0 Å². The smallest absolute Gasteiger partial charge is 0.744 e. The molecule has 0 spiro atoms. The third-order valence-corrected chi connectivity index (χ3v) is 10.1. The van der Waals surface area contributed by atoms with E-state index < -0.39 is 32.5 Å². The van der Waals surface area contributed by atoms with Crippen LogP contribution in [0.5, 0.6) is 0 Å². The molecule has 0 N–H and O–H groups in total. The predicted molar refractivity (Wildman–Crippen MR) is 205 cm³/mol. The first kappa shape index (κ1) is 50.2. The molecular weight excluding hydrogens is 688 g/mol. The molecule has 286 valence electrons. The maximum Gasteiger partial charge on any atom is 1.00 e. The van der Waals surface area contributed by atoms with E-state index in [2.05, 4.69) is 38.2 Å². The SMILES string of the molecule is C/C=C/CCCCCCCCCCCCCCOC(=O)c1cccc(S(=O)(=O)[O-])c1C(=O)OCCCCCCCCCCCCCC/C=C/C.[K+]. The third kappa shape index (κ3) is 27.4. The van der Waals surface area contributed by atoms with Crippen LogP contribution in [-0.2, 0) is 19.6 Å². The molecule has 0 unspecified atom stereocenters. The molecule has 0 radical (unpaired) electrons. The van der Waals surface area contributed by atoms with Gasteiger partial charge in [0.2, 0.25) is 0 Å². The molecule has 0 saturated heterocycles. The van der Waals surface area contributed by atoms with Crippen molar-refractivity contribution in [1.29, 1.82) is 0 Å². The molecule has 0 atom stereocenters. The molecule has 9 heteroatoms. The van der Waals surface area contributed by atoms with Gasteiger partial charge in [-0.05, 0) is 64.5 Å². The normalized spacial score (nSPS) is 11.7. The van der Waals surface area contributed by atoms with Crippen LogP contribution in [0, 0.1) is 0 Å². The van der Waals surface area contributed by atoms with Crippen molar-refractivity contribution >= 4 is 22.1 Å². The van der Waals surface area contributed by atoms with E-state index in [9.17, 15) is 22.6 Å². The van der Waals surface area contributed by atoms with Gasteiger partial charge in [0.1, 0.15) is 10.1 Å². The fourth-order valence-corrected chi connectivity index (χ4v) is 6.89. The molecule has 0 saturated carbocycles. The molecule has 0 aliphatic rings. The summed E-state index contributed by atoms with van der Waals surface area (Å²) in [4.78, 5) is 25.1. The average molecular weight is 757 g/mol. The van der Waals surface area contributed by atoms with E-state index >= 15 is 0 Å². The molecule has 0 aliphatic carbocycles. The molecule has 0 aliphatic heterocycles. The van der Waals surface area contributed by atoms with Gasteiger partial charge in [-0.2, -0.15) is 0 Å². The molecule has 1 aromatic carbocycles. The number of esters is 2. The van der Waals surface area contributed by atoms with Gasteiger partial charge < -0.3 is 14.0 Å². The molecule has 0 bridgehead atoms. The van der Waals surface area contributed by atoms with Gasteiger partial charge in [0.25, 0.3) is 0 Å². The van der Waals surface area contributed by atoms with Crippen molar-refractivity contribution in [3.05, 3.63) is 53.6 Å². The number of carbonyl (C=O) groups excluding carboxylic acids is 2. The number of hydrogen-bond acceptors (Lipinski definition) is 7. The van der Waals surface area contributed by atoms with Gasteiger partial charge >= 0.3 is 63.3 Å². The van der Waals surface area contributed by atoms with Gasteiger partial charge in [-0.3, -0.25) is 0 Å². The monoisotopic (exact) mass is 756 g/mol. The topological polar surface area (TPSA) is 110 Å². The minimum absolute atomic E-state index is 0. The van der Waals surface area contributed by atoms with Crippen molar-refractivity contribution in [2.24, 2.45) is 0 Å². The van der Waals surface area contributed by atoms with Crippen LogP contribution in [0.25, 0.3) is 0 Å². The number of rotatable bonds is 33. The first-order chi connectivity index (χ1) is 24.3. The maximum atomic E-state index is 13.0. The zero-order valence-corrected chi connectivity index (χ0v) is 36.5. The second kappa shape index (κ2) is 34.9. The summed E-state index contributed by atoms with van der Waals surface area (Å²) in [5.74, 6) is -1.81. The van der Waals surface area contributed by atoms with Gasteiger partial charge in [0.15, 0.2) is 0 Å². The summed E-state index contributed by atoms with van der Waals surface area (Å²) >= 11 is 0. The fraction of sp³-hybridized carbons (Fsp3) is 0.714. The summed E-state index contributed by atoms with van der Waals surface area (Å²) < 4.78 is 46.6. The van der Waals surface area contributed by atoms with Crippen LogP contribution >= 0.6 is 0 Å². The summed E-state index contributed by atoms with van der Waals surface area (Å²) in [5.41, 5.74) is -0.780. The third-order valence-electron chi connectivity index (χ3n) is 9.19. The van der Waals surface area contributed by atoms with Crippen LogP contribution < -0.4 is 51.4 Å². The Hall–Kier alpha value is -0.814. The van der Waals surface area contributed by atoms with E-state index in [0.717, 1.165) is 44.6 Å². The van der Waals surface area contributed by atoms with Crippen LogP contribution in [0.1, 0.15) is 202 Å². The Bertz CT molecular complexity index is 1180. The fourth-order valence-electron chi connectivity index (χ4n) is 6.20. The molecule has 7 nitrogen and oxygen atoms in total. The van der Waals surface area contributed by atoms with Crippen LogP contribution in [0.15, 0.2) is 47.4 Å². The Labute approximate surface area is 354 Å². The number of benzene rings is 1. The summed E-state index contributed by atoms with van der Waals surface area (Å²) in [7, 11) is -5.01. The number of carbonyl (C=O) groups is 2. The first-order valence-corrected chi connectivity index (χ1v) is 21.4. The van der Waals surface area contributed by atoms with Gasteiger partial charge in [0.05, 0.1) is 29.2 Å². The van der Waals surface area contributed by atoms with E-state index in [1.807, 2.05) is 0 Å². The maximum absolute atomic E-state index is 13.0. The molecule has 0 aromatic heterocycles. The summed E-state index contributed by atoms with van der Waals surface area (Å²) in [5, 5.41) is 0. The quantitative estimate of drug-likeness (QED) is 0.0231. The Morgan fingerprint density at radius 2 is 0.882 bits per heavy atom. The van der Waals surface area contributed by atoms with Gasteiger partial charge in [-0.25, -0.2) is 18.0 Å². The van der Waals surface area contributed by atoms with E-state index in [-0.39, 0.29) is 70.2 Å². The van der Waals surface area contributed by atoms with Crippen LogP contribution in [-0.4, -0.2) is 38.1 Å². The Kier molecular flexibility index (Phi) is 34.4. The van der Waals surface area contributed by atoms with Gasteiger partial charge in [-0.1, -0.05) is 159 Å². The standard InChI is InChI=1S/C42H70O7S.K/c1-3-5-7-9-11-13-15-17-19-21-23-25-27-29-31-36-48-41(43)38-34-33-35-39(50(45,46)47)40(38)42(44)49-37-32-30-28-26-24-22-20-18-16-14-12-10-8-6-4-2;/h3-6,33-35H,7-32,36-37H2,1-2H3,(H,45,46,47);/q;+1/p-1/b5-3+,6-4+;. The zero-order chi connectivity index (χ0) is 36.5. The number of allylic oxidation sites excluding steroid dienone is 4. The molecule has 1 aromatic rings. The van der Waals surface area contributed by atoms with E-state index in [1.165, 1.54) is 128 Å². The summed E-state index contributed by atoms with van der Waals surface area (Å²) in [6.07, 6.45) is 39.1. The summed E-state index contributed by atoms with van der Waals surface area (Å²) in [6, 6.07) is 3.62. The molecule has 0 amide bonds. The minimum atomic E-state index is -5.01. The Morgan fingerprint density at radius 3 is 1.24 bits per heavy atom. The van der Waals surface area contributed by atoms with Crippen molar-refractivity contribution in [2.45, 2.75) is 186 Å². The van der Waals surface area contributed by atoms with Gasteiger partial charge in [-0.15, -0.1) is 0 Å². The zero-order valence-electron chi connectivity index (χ0n) is 32.6. The van der Waals surface area contributed by atoms with E-state index in [0.29, 0.717) is 12.8 Å². The molecule has 51 heavy (non-hydrogen) atoms. The van der Waals surface area contributed by atoms with Crippen molar-refractivity contribution in [3.8, 4) is 0 Å². The van der Waals surface area contributed by atoms with Crippen LogP contribution in [0.4, 0.5) is 0 Å². The summed E-state index contributed by atoms with van der Waals surface area (Å²) in [6.45, 7) is 4.39. The minimum Gasteiger partial charge on any atom is -0.744 e. The molecular formula is C42H69KO7S. The number of hydrogen-bond donors (Lipinski definition) is 0. The van der Waals surface area contributed by atoms with E-state index in [4.69, 9.17) is 9.47 Å². The molecule has 0 fully saturated rings. The number of ether oxygens (including phenoxy) is 2. The molecule has 0 heterocycles. The second-order valence-electron chi connectivity index (χ2n) is 13.6. The average Bonchev–Trinajstić information content (AvgIpc) is 3.10. The Balaban J connectivity index is 0.0000250. The van der Waals surface area contributed by atoms with E-state index in [1.54, 1.807) is 0 Å². The number of unbranched alkanes of at least 4 members (excludes halogenated alkanes) is 24. The second-order valence-corrected chi connectivity index (χ2v) is 15.0. The van der Waals surface area contributed by atoms with Crippen molar-refractivity contribution < 1.29 is 83.4 Å². The van der Waals surface area contributed by atoms with Gasteiger partial charge in [0, 0.05) is 0 Å². The first-order valence-electron chi connectivity index (χ1n) is 20.0. The molecule has 1 rings (SSSR count). The van der Waals surface area contributed by atoms with Crippen molar-refractivity contribution in [2.75, 3.05) is 13.2 Å². The van der Waals surface area contributed by atoms with Crippen LogP contribution in [0.2, 0.25) is 0 Å². The van der Waals surface area contributed by atoms with Crippen LogP contribution in [0.3, 0.4) is 0 Å². The largest absolute Gasteiger partial charge is 1.00 e. The Morgan fingerprint density at radius 1 is 0.549 bits per heavy atom. The predicted octanol–water partition coefficient (Wildman–Crippen LogP) is 9.20. The van der Waals surface area contributed by atoms with Crippen molar-refractivity contribution in [1.82, 2.24) is 0 Å².